The van der Waals surface area contributed by atoms with Gasteiger partial charge in [0.15, 0.2) is 5.65 Å². The van der Waals surface area contributed by atoms with Crippen molar-refractivity contribution >= 4 is 49.4 Å². The van der Waals surface area contributed by atoms with E-state index in [1.807, 2.05) is 18.2 Å². The molecule has 0 saturated heterocycles. The summed E-state index contributed by atoms with van der Waals surface area (Å²) in [6.07, 6.45) is 3.51. The van der Waals surface area contributed by atoms with Crippen LogP contribution in [0, 0.1) is 0 Å². The van der Waals surface area contributed by atoms with E-state index in [0.717, 1.165) is 49.7 Å². The van der Waals surface area contributed by atoms with Crippen molar-refractivity contribution in [2.75, 3.05) is 0 Å². The lowest BCUT2D eigenvalue weighted by Gasteiger charge is -2.10. The molecular formula is C33H20N4. The molecule has 0 atom stereocenters. The van der Waals surface area contributed by atoms with Crippen molar-refractivity contribution in [1.82, 2.24) is 19.4 Å². The van der Waals surface area contributed by atoms with Crippen molar-refractivity contribution in [1.29, 1.82) is 0 Å². The largest absolute Gasteiger partial charge is 0.274 e. The zero-order valence-electron chi connectivity index (χ0n) is 19.8. The van der Waals surface area contributed by atoms with Crippen LogP contribution in [-0.2, 0) is 0 Å². The third-order valence-corrected chi connectivity index (χ3v) is 7.27. The first-order valence-corrected chi connectivity index (χ1v) is 12.4. The SMILES string of the molecule is c1ccc2cc(-c3ccc(-c4ccc5c(c4)c4nccnc4n4c6ccccc6nc54)cc3)ccc2c1. The Morgan fingerprint density at radius 3 is 2.03 bits per heavy atom. The Morgan fingerprint density at radius 1 is 0.486 bits per heavy atom. The molecule has 0 N–H and O–H groups in total. The second-order valence-corrected chi connectivity index (χ2v) is 9.39. The summed E-state index contributed by atoms with van der Waals surface area (Å²) < 4.78 is 2.12. The lowest BCUT2D eigenvalue weighted by atomic mass is 9.97. The average Bonchev–Trinajstić information content (AvgIpc) is 3.37. The number of nitrogens with zero attached hydrogens (tertiary/aromatic N) is 4. The van der Waals surface area contributed by atoms with Gasteiger partial charge in [-0.15, -0.1) is 0 Å². The summed E-state index contributed by atoms with van der Waals surface area (Å²) in [7, 11) is 0. The van der Waals surface area contributed by atoms with Crippen molar-refractivity contribution in [3.8, 4) is 22.3 Å². The Bertz CT molecular complexity index is 2140. The Hall–Kier alpha value is -5.09. The van der Waals surface area contributed by atoms with Crippen LogP contribution in [0.15, 0.2) is 122 Å². The number of hydrogen-bond acceptors (Lipinski definition) is 3. The van der Waals surface area contributed by atoms with E-state index in [1.165, 1.54) is 21.9 Å². The number of fused-ring (bicyclic) bond motifs is 9. The topological polar surface area (TPSA) is 43.1 Å². The number of hydrogen-bond donors (Lipinski definition) is 0. The van der Waals surface area contributed by atoms with E-state index in [-0.39, 0.29) is 0 Å². The first-order valence-electron chi connectivity index (χ1n) is 12.4. The molecule has 0 amide bonds. The lowest BCUT2D eigenvalue weighted by Crippen LogP contribution is -1.96. The Kier molecular flexibility index (Phi) is 4.19. The fourth-order valence-electron chi connectivity index (χ4n) is 5.44. The summed E-state index contributed by atoms with van der Waals surface area (Å²) in [4.78, 5) is 14.4. The van der Waals surface area contributed by atoms with Gasteiger partial charge in [0.25, 0.3) is 0 Å². The standard InChI is InChI=1S/C33H20N4/c1-2-6-24-19-25(14-13-21(24)5-1)22-9-11-23(12-10-22)26-15-16-27-28(20-26)31-33(35-18-17-34-31)37-30-8-4-3-7-29(30)36-32(27)37/h1-20H. The number of rotatable bonds is 2. The second kappa shape index (κ2) is 7.70. The molecule has 0 saturated carbocycles. The predicted octanol–water partition coefficient (Wildman–Crippen LogP) is 8.07. The Balaban J connectivity index is 1.29. The van der Waals surface area contributed by atoms with E-state index in [4.69, 9.17) is 15.0 Å². The normalized spacial score (nSPS) is 11.8. The van der Waals surface area contributed by atoms with Gasteiger partial charge in [0.05, 0.1) is 11.0 Å². The molecule has 0 fully saturated rings. The van der Waals surface area contributed by atoms with Gasteiger partial charge in [-0.3, -0.25) is 9.38 Å². The number of benzene rings is 5. The van der Waals surface area contributed by atoms with Crippen molar-refractivity contribution in [2.45, 2.75) is 0 Å². The van der Waals surface area contributed by atoms with Crippen LogP contribution in [0.5, 0.6) is 0 Å². The maximum Gasteiger partial charge on any atom is 0.165 e. The average molecular weight is 473 g/mol. The number of pyridine rings is 1. The van der Waals surface area contributed by atoms with Crippen LogP contribution >= 0.6 is 0 Å². The summed E-state index contributed by atoms with van der Waals surface area (Å²) in [6.45, 7) is 0. The van der Waals surface area contributed by atoms with Crippen molar-refractivity contribution in [3.05, 3.63) is 122 Å². The zero-order chi connectivity index (χ0) is 24.3. The highest BCUT2D eigenvalue weighted by atomic mass is 15.1. The smallest absolute Gasteiger partial charge is 0.165 e. The summed E-state index contributed by atoms with van der Waals surface area (Å²) >= 11 is 0. The molecule has 172 valence electrons. The minimum atomic E-state index is 0.822. The fourth-order valence-corrected chi connectivity index (χ4v) is 5.44. The third-order valence-electron chi connectivity index (χ3n) is 7.27. The van der Waals surface area contributed by atoms with E-state index in [9.17, 15) is 0 Å². The molecule has 0 aliphatic rings. The van der Waals surface area contributed by atoms with Crippen molar-refractivity contribution < 1.29 is 0 Å². The first-order chi connectivity index (χ1) is 18.3. The van der Waals surface area contributed by atoms with Gasteiger partial charge >= 0.3 is 0 Å². The minimum Gasteiger partial charge on any atom is -0.274 e. The maximum atomic E-state index is 4.96. The molecule has 3 aromatic heterocycles. The molecule has 0 bridgehead atoms. The number of imidazole rings is 1. The van der Waals surface area contributed by atoms with Gasteiger partial charge in [-0.25, -0.2) is 9.97 Å². The highest BCUT2D eigenvalue weighted by Crippen LogP contribution is 2.34. The molecule has 8 rings (SSSR count). The molecule has 0 aliphatic heterocycles. The summed E-state index contributed by atoms with van der Waals surface area (Å²) in [5.41, 5.74) is 9.33. The van der Waals surface area contributed by atoms with Gasteiger partial charge in [0, 0.05) is 23.2 Å². The van der Waals surface area contributed by atoms with Crippen LogP contribution in [0.1, 0.15) is 0 Å². The molecule has 0 aliphatic carbocycles. The van der Waals surface area contributed by atoms with Gasteiger partial charge in [-0.05, 0) is 63.4 Å². The van der Waals surface area contributed by atoms with E-state index in [1.54, 1.807) is 12.4 Å². The molecule has 37 heavy (non-hydrogen) atoms. The fraction of sp³-hybridized carbons (Fsp3) is 0. The zero-order valence-corrected chi connectivity index (χ0v) is 19.8. The van der Waals surface area contributed by atoms with Gasteiger partial charge in [0.1, 0.15) is 11.2 Å². The number of para-hydroxylation sites is 2. The van der Waals surface area contributed by atoms with Crippen LogP contribution in [0.2, 0.25) is 0 Å². The molecule has 3 heterocycles. The quantitative estimate of drug-likeness (QED) is 0.239. The summed E-state index contributed by atoms with van der Waals surface area (Å²) in [5.74, 6) is 0. The Labute approximate surface area is 212 Å². The van der Waals surface area contributed by atoms with E-state index < -0.39 is 0 Å². The molecule has 5 aromatic carbocycles. The minimum absolute atomic E-state index is 0.822. The van der Waals surface area contributed by atoms with Crippen LogP contribution in [0.4, 0.5) is 0 Å². The molecule has 8 aromatic rings. The van der Waals surface area contributed by atoms with Gasteiger partial charge in [-0.2, -0.15) is 0 Å². The van der Waals surface area contributed by atoms with E-state index >= 15 is 0 Å². The van der Waals surface area contributed by atoms with Crippen molar-refractivity contribution in [3.63, 3.8) is 0 Å². The van der Waals surface area contributed by atoms with Crippen molar-refractivity contribution in [2.24, 2.45) is 0 Å². The van der Waals surface area contributed by atoms with Crippen LogP contribution in [-0.4, -0.2) is 19.4 Å². The van der Waals surface area contributed by atoms with E-state index in [0.29, 0.717) is 0 Å². The lowest BCUT2D eigenvalue weighted by molar-refractivity contribution is 1.19. The van der Waals surface area contributed by atoms with E-state index in [2.05, 4.69) is 95.4 Å². The highest BCUT2D eigenvalue weighted by molar-refractivity contribution is 6.12. The van der Waals surface area contributed by atoms with Gasteiger partial charge in [0.2, 0.25) is 0 Å². The van der Waals surface area contributed by atoms with Gasteiger partial charge in [-0.1, -0.05) is 78.9 Å². The molecule has 4 heteroatoms. The van der Waals surface area contributed by atoms with Gasteiger partial charge < -0.3 is 0 Å². The summed E-state index contributed by atoms with van der Waals surface area (Å²) in [6, 6.07) is 38.6. The predicted molar refractivity (Wildman–Crippen MR) is 152 cm³/mol. The molecule has 4 nitrogen and oxygen atoms in total. The van der Waals surface area contributed by atoms with Crippen LogP contribution in [0.25, 0.3) is 71.6 Å². The van der Waals surface area contributed by atoms with Crippen LogP contribution in [0.3, 0.4) is 0 Å². The van der Waals surface area contributed by atoms with Crippen LogP contribution < -0.4 is 0 Å². The number of aromatic nitrogens is 4. The maximum absolute atomic E-state index is 4.96. The highest BCUT2D eigenvalue weighted by Gasteiger charge is 2.15. The molecule has 0 radical (unpaired) electrons. The monoisotopic (exact) mass is 472 g/mol. The second-order valence-electron chi connectivity index (χ2n) is 9.39. The third kappa shape index (κ3) is 3.06. The molecular weight excluding hydrogens is 452 g/mol. The molecule has 0 spiro atoms. The first kappa shape index (κ1) is 20.1. The molecule has 0 unspecified atom stereocenters. The summed E-state index contributed by atoms with van der Waals surface area (Å²) in [5, 5.41) is 4.64. The Morgan fingerprint density at radius 2 is 1.16 bits per heavy atom.